The molecule has 6 nitrogen and oxygen atoms in total. The maximum atomic E-state index is 13.0. The molecule has 1 aliphatic heterocycles. The smallest absolute Gasteiger partial charge is 0.266 e. The van der Waals surface area contributed by atoms with Crippen LogP contribution in [0.5, 0.6) is 0 Å². The van der Waals surface area contributed by atoms with Gasteiger partial charge in [-0.3, -0.25) is 4.79 Å². The average Bonchev–Trinajstić information content (AvgIpc) is 3.07. The van der Waals surface area contributed by atoms with Crippen molar-refractivity contribution in [1.29, 1.82) is 0 Å². The number of anilines is 1. The van der Waals surface area contributed by atoms with Gasteiger partial charge in [-0.25, -0.2) is 8.42 Å². The normalized spacial score (nSPS) is 15.5. The minimum atomic E-state index is -3.64. The Balaban J connectivity index is 1.63. The fourth-order valence-electron chi connectivity index (χ4n) is 3.46. The Kier molecular flexibility index (Phi) is 5.44. The number of hydrogen-bond acceptors (Lipinski definition) is 5. The fraction of sp³-hybridized carbons (Fsp3) is 0.286. The summed E-state index contributed by atoms with van der Waals surface area (Å²) in [6.07, 6.45) is 0. The zero-order valence-electron chi connectivity index (χ0n) is 16.3. The van der Waals surface area contributed by atoms with Crippen LogP contribution < -0.4 is 5.32 Å². The van der Waals surface area contributed by atoms with Crippen molar-refractivity contribution in [3.63, 3.8) is 0 Å². The van der Waals surface area contributed by atoms with Gasteiger partial charge < -0.3 is 10.1 Å². The molecule has 1 aliphatic rings. The Hall–Kier alpha value is -2.26. The maximum Gasteiger partial charge on any atom is 0.266 e. The van der Waals surface area contributed by atoms with Gasteiger partial charge in [0, 0.05) is 23.5 Å². The molecule has 3 aromatic rings. The number of morpholine rings is 1. The van der Waals surface area contributed by atoms with E-state index in [4.69, 9.17) is 4.74 Å². The number of sulfonamides is 1. The summed E-state index contributed by atoms with van der Waals surface area (Å²) in [5.41, 5.74) is 2.04. The summed E-state index contributed by atoms with van der Waals surface area (Å²) in [6, 6.07) is 12.9. The number of ether oxygens (including phenoxy) is 1. The van der Waals surface area contributed by atoms with Crippen LogP contribution in [0.15, 0.2) is 47.4 Å². The van der Waals surface area contributed by atoms with Crippen LogP contribution in [0.1, 0.15) is 20.8 Å². The molecule has 152 valence electrons. The van der Waals surface area contributed by atoms with Crippen LogP contribution in [0, 0.1) is 13.8 Å². The van der Waals surface area contributed by atoms with Gasteiger partial charge in [-0.15, -0.1) is 11.3 Å². The van der Waals surface area contributed by atoms with Crippen LogP contribution in [0.2, 0.25) is 0 Å². The number of fused-ring (bicyclic) bond motifs is 1. The molecular weight excluding hydrogens is 408 g/mol. The lowest BCUT2D eigenvalue weighted by Crippen LogP contribution is -2.40. The highest BCUT2D eigenvalue weighted by molar-refractivity contribution is 7.89. The van der Waals surface area contributed by atoms with Crippen molar-refractivity contribution >= 4 is 43.0 Å². The zero-order chi connectivity index (χ0) is 20.6. The summed E-state index contributed by atoms with van der Waals surface area (Å²) in [5.74, 6) is -0.234. The third-order valence-electron chi connectivity index (χ3n) is 5.08. The van der Waals surface area contributed by atoms with E-state index in [1.807, 2.05) is 31.2 Å². The summed E-state index contributed by atoms with van der Waals surface area (Å²) in [4.78, 5) is 13.7. The number of amides is 1. The second-order valence-electron chi connectivity index (χ2n) is 7.00. The third kappa shape index (κ3) is 3.81. The molecule has 1 saturated heterocycles. The molecule has 1 N–H and O–H groups in total. The van der Waals surface area contributed by atoms with Gasteiger partial charge in [0.2, 0.25) is 10.0 Å². The summed E-state index contributed by atoms with van der Waals surface area (Å²) in [6.45, 7) is 5.13. The number of benzene rings is 2. The van der Waals surface area contributed by atoms with Crippen LogP contribution in [0.3, 0.4) is 0 Å². The highest BCUT2D eigenvalue weighted by atomic mass is 32.2. The Morgan fingerprint density at radius 3 is 2.55 bits per heavy atom. The van der Waals surface area contributed by atoms with Crippen LogP contribution in [-0.4, -0.2) is 44.9 Å². The minimum absolute atomic E-state index is 0.213. The quantitative estimate of drug-likeness (QED) is 0.683. The second-order valence-corrected chi connectivity index (χ2v) is 9.96. The lowest BCUT2D eigenvalue weighted by atomic mass is 10.1. The standard InChI is InChI=1S/C21H22N2O4S2/c1-14-7-8-16(13-19(14)29(25,26)23-9-11-27-12-10-23)22-21(24)20-15(2)17-5-3-4-6-18(17)28-20/h3-8,13H,9-12H2,1-2H3,(H,22,24). The molecule has 0 spiro atoms. The molecule has 1 fully saturated rings. The maximum absolute atomic E-state index is 13.0. The van der Waals surface area contributed by atoms with Crippen molar-refractivity contribution in [2.45, 2.75) is 18.7 Å². The molecule has 4 rings (SSSR count). The summed E-state index contributed by atoms with van der Waals surface area (Å²) >= 11 is 1.43. The van der Waals surface area contributed by atoms with Gasteiger partial charge in [-0.1, -0.05) is 24.3 Å². The number of carbonyl (C=O) groups excluding carboxylic acids is 1. The predicted octanol–water partition coefficient (Wildman–Crippen LogP) is 3.79. The lowest BCUT2D eigenvalue weighted by Gasteiger charge is -2.26. The van der Waals surface area contributed by atoms with Gasteiger partial charge in [0.05, 0.1) is 23.0 Å². The van der Waals surface area contributed by atoms with E-state index in [1.54, 1.807) is 25.1 Å². The van der Waals surface area contributed by atoms with Crippen molar-refractivity contribution < 1.29 is 17.9 Å². The van der Waals surface area contributed by atoms with Crippen molar-refractivity contribution in [2.24, 2.45) is 0 Å². The molecule has 0 atom stereocenters. The van der Waals surface area contributed by atoms with E-state index in [9.17, 15) is 13.2 Å². The number of nitrogens with one attached hydrogen (secondary N) is 1. The molecule has 1 aromatic heterocycles. The molecule has 8 heteroatoms. The fourth-order valence-corrected chi connectivity index (χ4v) is 6.22. The van der Waals surface area contributed by atoms with E-state index in [-0.39, 0.29) is 10.8 Å². The Labute approximate surface area is 174 Å². The SMILES string of the molecule is Cc1ccc(NC(=O)c2sc3ccccc3c2C)cc1S(=O)(=O)N1CCOCC1. The van der Waals surface area contributed by atoms with Gasteiger partial charge in [-0.05, 0) is 48.6 Å². The molecule has 2 heterocycles. The minimum Gasteiger partial charge on any atom is -0.379 e. The highest BCUT2D eigenvalue weighted by Crippen LogP contribution is 2.31. The van der Waals surface area contributed by atoms with Crippen molar-refractivity contribution in [3.05, 3.63) is 58.5 Å². The predicted molar refractivity (Wildman–Crippen MR) is 115 cm³/mol. The molecule has 0 radical (unpaired) electrons. The molecule has 0 saturated carbocycles. The zero-order valence-corrected chi connectivity index (χ0v) is 17.9. The molecule has 29 heavy (non-hydrogen) atoms. The number of rotatable bonds is 4. The highest BCUT2D eigenvalue weighted by Gasteiger charge is 2.28. The number of hydrogen-bond donors (Lipinski definition) is 1. The van der Waals surface area contributed by atoms with Gasteiger partial charge in [0.1, 0.15) is 0 Å². The van der Waals surface area contributed by atoms with E-state index in [2.05, 4.69) is 5.32 Å². The molecular formula is C21H22N2O4S2. The monoisotopic (exact) mass is 430 g/mol. The first kappa shape index (κ1) is 20.0. The van der Waals surface area contributed by atoms with Gasteiger partial charge in [0.25, 0.3) is 5.91 Å². The number of nitrogens with zero attached hydrogens (tertiary/aromatic N) is 1. The van der Waals surface area contributed by atoms with Gasteiger partial charge >= 0.3 is 0 Å². The summed E-state index contributed by atoms with van der Waals surface area (Å²) < 4.78 is 33.8. The van der Waals surface area contributed by atoms with Crippen molar-refractivity contribution in [2.75, 3.05) is 31.6 Å². The Morgan fingerprint density at radius 2 is 1.83 bits per heavy atom. The van der Waals surface area contributed by atoms with E-state index >= 15 is 0 Å². The van der Waals surface area contributed by atoms with Gasteiger partial charge in [-0.2, -0.15) is 4.31 Å². The van der Waals surface area contributed by atoms with Crippen molar-refractivity contribution in [3.8, 4) is 0 Å². The van der Waals surface area contributed by atoms with E-state index in [1.165, 1.54) is 15.6 Å². The second kappa shape index (κ2) is 7.87. The first-order chi connectivity index (χ1) is 13.9. The molecule has 2 aromatic carbocycles. The number of carbonyl (C=O) groups is 1. The van der Waals surface area contributed by atoms with Crippen LogP contribution in [-0.2, 0) is 14.8 Å². The molecule has 1 amide bonds. The first-order valence-corrected chi connectivity index (χ1v) is 11.6. The van der Waals surface area contributed by atoms with Crippen LogP contribution in [0.25, 0.3) is 10.1 Å². The molecule has 0 unspecified atom stereocenters. The largest absolute Gasteiger partial charge is 0.379 e. The van der Waals surface area contributed by atoms with Gasteiger partial charge in [0.15, 0.2) is 0 Å². The lowest BCUT2D eigenvalue weighted by molar-refractivity contribution is 0.0730. The first-order valence-electron chi connectivity index (χ1n) is 9.36. The molecule has 0 aliphatic carbocycles. The van der Waals surface area contributed by atoms with E-state index in [0.29, 0.717) is 42.4 Å². The summed E-state index contributed by atoms with van der Waals surface area (Å²) in [7, 11) is -3.64. The topological polar surface area (TPSA) is 75.7 Å². The van der Waals surface area contributed by atoms with Crippen LogP contribution in [0.4, 0.5) is 5.69 Å². The molecule has 0 bridgehead atoms. The van der Waals surface area contributed by atoms with Crippen LogP contribution >= 0.6 is 11.3 Å². The number of aryl methyl sites for hydroxylation is 2. The Morgan fingerprint density at radius 1 is 1.10 bits per heavy atom. The average molecular weight is 431 g/mol. The number of thiophene rings is 1. The van der Waals surface area contributed by atoms with Crippen molar-refractivity contribution in [1.82, 2.24) is 4.31 Å². The third-order valence-corrected chi connectivity index (χ3v) is 8.40. The van der Waals surface area contributed by atoms with E-state index in [0.717, 1.165) is 15.6 Å². The Bertz CT molecular complexity index is 1180. The summed E-state index contributed by atoms with van der Waals surface area (Å²) in [5, 5.41) is 3.92. The van der Waals surface area contributed by atoms with E-state index < -0.39 is 10.0 Å².